The summed E-state index contributed by atoms with van der Waals surface area (Å²) in [4.78, 5) is 36.1. The van der Waals surface area contributed by atoms with E-state index in [0.717, 1.165) is 6.42 Å². The summed E-state index contributed by atoms with van der Waals surface area (Å²) in [5, 5.41) is 2.61. The fraction of sp³-hybridized carbons (Fsp3) is 0.769. The molecule has 0 aromatic rings. The Morgan fingerprint density at radius 2 is 2.00 bits per heavy atom. The summed E-state index contributed by atoms with van der Waals surface area (Å²) in [5.74, 6) is -0.740. The Bertz CT molecular complexity index is 390. The number of likely N-dealkylation sites (tertiary alicyclic amines) is 1. The van der Waals surface area contributed by atoms with E-state index >= 15 is 0 Å². The standard InChI is InChI=1S/C13H23N3O4/c1-13(2,3)20-12(19)16-8-4-5-9(16)11(18)15-7-6-10(14)17/h9H,4-8H2,1-3H3,(H2,14,17)(H,15,18)/t9-/m0/s1. The number of ether oxygens (including phenoxy) is 1. The van der Waals surface area contributed by atoms with Crippen LogP contribution in [-0.4, -0.2) is 47.5 Å². The van der Waals surface area contributed by atoms with Crippen molar-refractivity contribution in [2.75, 3.05) is 13.1 Å². The first kappa shape index (κ1) is 16.3. The van der Waals surface area contributed by atoms with Crippen molar-refractivity contribution in [1.82, 2.24) is 10.2 Å². The van der Waals surface area contributed by atoms with Gasteiger partial charge in [0.15, 0.2) is 0 Å². The minimum atomic E-state index is -0.591. The predicted octanol–water partition coefficient (Wildman–Crippen LogP) is 0.378. The molecule has 7 heteroatoms. The van der Waals surface area contributed by atoms with Crippen LogP contribution in [0, 0.1) is 0 Å². The fourth-order valence-corrected chi connectivity index (χ4v) is 2.01. The van der Waals surface area contributed by atoms with Gasteiger partial charge in [-0.2, -0.15) is 0 Å². The largest absolute Gasteiger partial charge is 0.444 e. The van der Waals surface area contributed by atoms with Crippen molar-refractivity contribution in [3.8, 4) is 0 Å². The van der Waals surface area contributed by atoms with E-state index in [1.807, 2.05) is 0 Å². The van der Waals surface area contributed by atoms with E-state index in [1.54, 1.807) is 20.8 Å². The van der Waals surface area contributed by atoms with Crippen molar-refractivity contribution < 1.29 is 19.1 Å². The van der Waals surface area contributed by atoms with Crippen LogP contribution < -0.4 is 11.1 Å². The van der Waals surface area contributed by atoms with Crippen molar-refractivity contribution in [2.24, 2.45) is 5.73 Å². The smallest absolute Gasteiger partial charge is 0.410 e. The van der Waals surface area contributed by atoms with Crippen LogP contribution in [0.3, 0.4) is 0 Å². The number of amides is 3. The molecule has 1 aliphatic rings. The number of carbonyl (C=O) groups is 3. The van der Waals surface area contributed by atoms with Crippen LogP contribution in [0.15, 0.2) is 0 Å². The van der Waals surface area contributed by atoms with Crippen molar-refractivity contribution in [3.05, 3.63) is 0 Å². The first-order chi connectivity index (χ1) is 9.20. The van der Waals surface area contributed by atoms with E-state index in [4.69, 9.17) is 10.5 Å². The van der Waals surface area contributed by atoms with E-state index in [0.29, 0.717) is 13.0 Å². The highest BCUT2D eigenvalue weighted by Gasteiger charge is 2.36. The highest BCUT2D eigenvalue weighted by atomic mass is 16.6. The van der Waals surface area contributed by atoms with Gasteiger partial charge in [0.2, 0.25) is 11.8 Å². The van der Waals surface area contributed by atoms with E-state index in [1.165, 1.54) is 4.90 Å². The van der Waals surface area contributed by atoms with E-state index in [2.05, 4.69) is 5.32 Å². The van der Waals surface area contributed by atoms with Crippen LogP contribution in [0.2, 0.25) is 0 Å². The van der Waals surface area contributed by atoms with Crippen LogP contribution in [-0.2, 0) is 14.3 Å². The molecule has 0 saturated carbocycles. The molecule has 0 bridgehead atoms. The average Bonchev–Trinajstić information content (AvgIpc) is 2.74. The molecule has 3 N–H and O–H groups in total. The van der Waals surface area contributed by atoms with Crippen LogP contribution in [0.4, 0.5) is 4.79 Å². The zero-order valence-corrected chi connectivity index (χ0v) is 12.3. The van der Waals surface area contributed by atoms with Gasteiger partial charge in [-0.05, 0) is 33.6 Å². The summed E-state index contributed by atoms with van der Waals surface area (Å²) in [5.41, 5.74) is 4.41. The Hall–Kier alpha value is -1.79. The topological polar surface area (TPSA) is 102 Å². The molecule has 3 amide bonds. The average molecular weight is 285 g/mol. The number of hydrogen-bond donors (Lipinski definition) is 2. The summed E-state index contributed by atoms with van der Waals surface area (Å²) in [6.07, 6.45) is 0.963. The summed E-state index contributed by atoms with van der Waals surface area (Å²) >= 11 is 0. The van der Waals surface area contributed by atoms with Gasteiger partial charge < -0.3 is 15.8 Å². The van der Waals surface area contributed by atoms with Crippen molar-refractivity contribution >= 4 is 17.9 Å². The van der Waals surface area contributed by atoms with Crippen LogP contribution in [0.25, 0.3) is 0 Å². The van der Waals surface area contributed by atoms with Crippen molar-refractivity contribution in [1.29, 1.82) is 0 Å². The first-order valence-corrected chi connectivity index (χ1v) is 6.76. The number of rotatable bonds is 4. The van der Waals surface area contributed by atoms with E-state index < -0.39 is 23.6 Å². The Labute approximate surface area is 118 Å². The SMILES string of the molecule is CC(C)(C)OC(=O)N1CCC[C@H]1C(=O)NCCC(N)=O. The molecule has 1 aliphatic heterocycles. The normalized spacial score (nSPS) is 18.8. The van der Waals surface area contributed by atoms with Crippen LogP contribution in [0.1, 0.15) is 40.0 Å². The number of hydrogen-bond acceptors (Lipinski definition) is 4. The molecule has 0 aromatic heterocycles. The lowest BCUT2D eigenvalue weighted by atomic mass is 10.2. The summed E-state index contributed by atoms with van der Waals surface area (Å²) in [6, 6.07) is -0.530. The van der Waals surface area contributed by atoms with E-state index in [-0.39, 0.29) is 18.9 Å². The zero-order chi connectivity index (χ0) is 15.3. The lowest BCUT2D eigenvalue weighted by Gasteiger charge is -2.28. The highest BCUT2D eigenvalue weighted by Crippen LogP contribution is 2.20. The Morgan fingerprint density at radius 1 is 1.35 bits per heavy atom. The lowest BCUT2D eigenvalue weighted by Crippen LogP contribution is -2.48. The highest BCUT2D eigenvalue weighted by molar-refractivity contribution is 5.86. The molecular weight excluding hydrogens is 262 g/mol. The quantitative estimate of drug-likeness (QED) is 0.779. The molecule has 1 fully saturated rings. The van der Waals surface area contributed by atoms with Crippen LogP contribution in [0.5, 0.6) is 0 Å². The van der Waals surface area contributed by atoms with Gasteiger partial charge in [-0.3, -0.25) is 14.5 Å². The molecule has 0 aromatic carbocycles. The summed E-state index contributed by atoms with van der Waals surface area (Å²) in [6.45, 7) is 6.03. The molecule has 0 spiro atoms. The number of nitrogens with zero attached hydrogens (tertiary/aromatic N) is 1. The van der Waals surface area contributed by atoms with Crippen LogP contribution >= 0.6 is 0 Å². The number of nitrogens with one attached hydrogen (secondary N) is 1. The number of nitrogens with two attached hydrogens (primary N) is 1. The van der Waals surface area contributed by atoms with Gasteiger partial charge >= 0.3 is 6.09 Å². The number of carbonyl (C=O) groups excluding carboxylic acids is 3. The Morgan fingerprint density at radius 3 is 2.55 bits per heavy atom. The molecule has 114 valence electrons. The number of primary amides is 1. The summed E-state index contributed by atoms with van der Waals surface area (Å²) in [7, 11) is 0. The zero-order valence-electron chi connectivity index (χ0n) is 12.3. The first-order valence-electron chi connectivity index (χ1n) is 6.76. The maximum absolute atomic E-state index is 12.0. The minimum Gasteiger partial charge on any atom is -0.444 e. The fourth-order valence-electron chi connectivity index (χ4n) is 2.01. The maximum Gasteiger partial charge on any atom is 0.410 e. The second-order valence-corrected chi connectivity index (χ2v) is 5.84. The molecule has 1 atom stereocenters. The molecule has 7 nitrogen and oxygen atoms in total. The monoisotopic (exact) mass is 285 g/mol. The molecule has 20 heavy (non-hydrogen) atoms. The second-order valence-electron chi connectivity index (χ2n) is 5.84. The maximum atomic E-state index is 12.0. The molecule has 1 saturated heterocycles. The third-order valence-electron chi connectivity index (χ3n) is 2.85. The van der Waals surface area contributed by atoms with E-state index in [9.17, 15) is 14.4 Å². The molecular formula is C13H23N3O4. The van der Waals surface area contributed by atoms with Gasteiger partial charge in [0.05, 0.1) is 0 Å². The molecule has 0 radical (unpaired) electrons. The van der Waals surface area contributed by atoms with Gasteiger partial charge in [-0.1, -0.05) is 0 Å². The lowest BCUT2D eigenvalue weighted by molar-refractivity contribution is -0.125. The molecule has 0 unspecified atom stereocenters. The van der Waals surface area contributed by atoms with Crippen molar-refractivity contribution in [2.45, 2.75) is 51.7 Å². The summed E-state index contributed by atoms with van der Waals surface area (Å²) < 4.78 is 5.28. The minimum absolute atomic E-state index is 0.0882. The molecule has 1 heterocycles. The van der Waals surface area contributed by atoms with Gasteiger partial charge in [0.1, 0.15) is 11.6 Å². The van der Waals surface area contributed by atoms with Gasteiger partial charge in [0, 0.05) is 19.5 Å². The van der Waals surface area contributed by atoms with Gasteiger partial charge in [-0.15, -0.1) is 0 Å². The molecule has 1 rings (SSSR count). The van der Waals surface area contributed by atoms with Gasteiger partial charge in [0.25, 0.3) is 0 Å². The van der Waals surface area contributed by atoms with Gasteiger partial charge in [-0.25, -0.2) is 4.79 Å². The Balaban J connectivity index is 2.53. The predicted molar refractivity (Wildman–Crippen MR) is 72.8 cm³/mol. The van der Waals surface area contributed by atoms with Crippen molar-refractivity contribution in [3.63, 3.8) is 0 Å². The Kier molecular flexibility index (Phi) is 5.35. The third kappa shape index (κ3) is 5.07. The second kappa shape index (κ2) is 6.58. The molecule has 0 aliphatic carbocycles. The third-order valence-corrected chi connectivity index (χ3v) is 2.85.